The minimum absolute atomic E-state index is 0.0479. The summed E-state index contributed by atoms with van der Waals surface area (Å²) in [5, 5.41) is 0. The van der Waals surface area contributed by atoms with Gasteiger partial charge in [0.1, 0.15) is 11.6 Å². The third-order valence-electron chi connectivity index (χ3n) is 3.15. The molecule has 0 fully saturated rings. The molecule has 4 heteroatoms. The third-order valence-corrected chi connectivity index (χ3v) is 3.15. The number of hydrogen-bond donors (Lipinski definition) is 0. The van der Waals surface area contributed by atoms with Crippen LogP contribution in [0.2, 0.25) is 0 Å². The lowest BCUT2D eigenvalue weighted by Crippen LogP contribution is -2.05. The van der Waals surface area contributed by atoms with E-state index in [2.05, 4.69) is 0 Å². The second kappa shape index (κ2) is 6.88. The van der Waals surface area contributed by atoms with Crippen molar-refractivity contribution in [2.75, 3.05) is 0 Å². The molecule has 0 unspecified atom stereocenters. The smallest absolute Gasteiger partial charge is 0.165 e. The largest absolute Gasteiger partial charge is 0.294 e. The number of ketones is 2. The van der Waals surface area contributed by atoms with Crippen molar-refractivity contribution in [2.24, 2.45) is 0 Å². The Kier molecular flexibility index (Phi) is 4.93. The highest BCUT2D eigenvalue weighted by molar-refractivity contribution is 5.98. The van der Waals surface area contributed by atoms with Crippen LogP contribution in [0.25, 0.3) is 0 Å². The molecule has 108 valence electrons. The number of carbonyl (C=O) groups excluding carboxylic acids is 2. The fraction of sp³-hybridized carbons (Fsp3) is 0.176. The van der Waals surface area contributed by atoms with Crippen molar-refractivity contribution < 1.29 is 18.4 Å². The van der Waals surface area contributed by atoms with E-state index in [1.807, 2.05) is 0 Å². The predicted molar refractivity (Wildman–Crippen MR) is 75.3 cm³/mol. The van der Waals surface area contributed by atoms with Crippen LogP contribution in [0.5, 0.6) is 0 Å². The fourth-order valence-electron chi connectivity index (χ4n) is 2.01. The molecule has 2 nitrogen and oxygen atoms in total. The van der Waals surface area contributed by atoms with E-state index in [0.29, 0.717) is 12.0 Å². The van der Waals surface area contributed by atoms with E-state index < -0.39 is 11.6 Å². The topological polar surface area (TPSA) is 34.1 Å². The van der Waals surface area contributed by atoms with Crippen LogP contribution in [0.1, 0.15) is 40.0 Å². The van der Waals surface area contributed by atoms with Gasteiger partial charge in [-0.15, -0.1) is 0 Å². The lowest BCUT2D eigenvalue weighted by atomic mass is 10.0. The van der Waals surface area contributed by atoms with Crippen molar-refractivity contribution >= 4 is 11.6 Å². The normalized spacial score (nSPS) is 10.4. The average molecular weight is 288 g/mol. The molecule has 0 radical (unpaired) electrons. The van der Waals surface area contributed by atoms with Gasteiger partial charge < -0.3 is 0 Å². The number of hydrogen-bond acceptors (Lipinski definition) is 2. The van der Waals surface area contributed by atoms with Crippen LogP contribution in [0.4, 0.5) is 8.78 Å². The Morgan fingerprint density at radius 1 is 0.810 bits per heavy atom. The van der Waals surface area contributed by atoms with E-state index in [0.717, 1.165) is 0 Å². The van der Waals surface area contributed by atoms with E-state index in [1.165, 1.54) is 42.5 Å². The van der Waals surface area contributed by atoms with Gasteiger partial charge in [0.05, 0.1) is 5.56 Å². The first-order valence-corrected chi connectivity index (χ1v) is 6.64. The maximum atomic E-state index is 13.4. The van der Waals surface area contributed by atoms with Gasteiger partial charge in [-0.25, -0.2) is 8.78 Å². The Labute approximate surface area is 121 Å². The maximum Gasteiger partial charge on any atom is 0.165 e. The summed E-state index contributed by atoms with van der Waals surface area (Å²) < 4.78 is 26.1. The summed E-state index contributed by atoms with van der Waals surface area (Å²) in [7, 11) is 0. The minimum atomic E-state index is -0.549. The van der Waals surface area contributed by atoms with E-state index in [-0.39, 0.29) is 30.0 Å². The third kappa shape index (κ3) is 4.05. The maximum absolute atomic E-state index is 13.4. The highest BCUT2D eigenvalue weighted by atomic mass is 19.1. The molecule has 2 aromatic rings. The molecule has 2 aromatic carbocycles. The van der Waals surface area contributed by atoms with Crippen molar-refractivity contribution in [3.63, 3.8) is 0 Å². The Balaban J connectivity index is 1.87. The molecule has 2 rings (SSSR count). The summed E-state index contributed by atoms with van der Waals surface area (Å²) in [6.07, 6.45) is 0.614. The van der Waals surface area contributed by atoms with Gasteiger partial charge in [0.15, 0.2) is 11.6 Å². The average Bonchev–Trinajstić information content (AvgIpc) is 2.48. The second-order valence-corrected chi connectivity index (χ2v) is 4.69. The summed E-state index contributed by atoms with van der Waals surface area (Å²) in [5.74, 6) is -1.43. The van der Waals surface area contributed by atoms with Crippen LogP contribution in [0, 0.1) is 11.6 Å². The van der Waals surface area contributed by atoms with Gasteiger partial charge in [-0.1, -0.05) is 12.1 Å². The van der Waals surface area contributed by atoms with Gasteiger partial charge in [-0.2, -0.15) is 0 Å². The molecule has 0 N–H and O–H groups in total. The number of halogens is 2. The Hall–Kier alpha value is -2.36. The molecule has 0 aromatic heterocycles. The molecule has 0 aliphatic carbocycles. The summed E-state index contributed by atoms with van der Waals surface area (Å²) in [6, 6.07) is 11.0. The molecule has 0 spiro atoms. The van der Waals surface area contributed by atoms with Crippen LogP contribution < -0.4 is 0 Å². The molecule has 0 saturated heterocycles. The molecule has 0 heterocycles. The van der Waals surface area contributed by atoms with Gasteiger partial charge in [-0.05, 0) is 42.8 Å². The van der Waals surface area contributed by atoms with Crippen LogP contribution >= 0.6 is 0 Å². The van der Waals surface area contributed by atoms with E-state index in [1.54, 1.807) is 6.07 Å². The second-order valence-electron chi connectivity index (χ2n) is 4.69. The van der Waals surface area contributed by atoms with Crippen molar-refractivity contribution in [2.45, 2.75) is 19.3 Å². The molecule has 0 amide bonds. The number of Topliss-reactive ketones (excluding diaryl/α,β-unsaturated/α-hetero) is 2. The molecule has 21 heavy (non-hydrogen) atoms. The van der Waals surface area contributed by atoms with Crippen molar-refractivity contribution in [1.29, 1.82) is 0 Å². The van der Waals surface area contributed by atoms with Gasteiger partial charge >= 0.3 is 0 Å². The summed E-state index contributed by atoms with van der Waals surface area (Å²) in [4.78, 5) is 23.7. The van der Waals surface area contributed by atoms with Gasteiger partial charge in [0, 0.05) is 18.4 Å². The first-order valence-electron chi connectivity index (χ1n) is 6.64. The van der Waals surface area contributed by atoms with Crippen molar-refractivity contribution in [3.8, 4) is 0 Å². The zero-order valence-corrected chi connectivity index (χ0v) is 11.3. The van der Waals surface area contributed by atoms with Crippen LogP contribution in [0.3, 0.4) is 0 Å². The highest BCUT2D eigenvalue weighted by Gasteiger charge is 2.12. The molecular weight excluding hydrogens is 274 g/mol. The quantitative estimate of drug-likeness (QED) is 0.746. The van der Waals surface area contributed by atoms with E-state index >= 15 is 0 Å². The highest BCUT2D eigenvalue weighted by Crippen LogP contribution is 2.13. The molecule has 0 atom stereocenters. The Morgan fingerprint density at radius 2 is 1.43 bits per heavy atom. The SMILES string of the molecule is O=C(CCCC(=O)c1ccccc1F)c1ccc(F)cc1. The molecule has 0 aliphatic rings. The fourth-order valence-corrected chi connectivity index (χ4v) is 2.01. The van der Waals surface area contributed by atoms with Gasteiger partial charge in [0.25, 0.3) is 0 Å². The van der Waals surface area contributed by atoms with Crippen molar-refractivity contribution in [3.05, 3.63) is 71.3 Å². The van der Waals surface area contributed by atoms with Crippen LogP contribution in [-0.2, 0) is 0 Å². The lowest BCUT2D eigenvalue weighted by Gasteiger charge is -2.03. The first kappa shape index (κ1) is 15.0. The molecular formula is C17H14F2O2. The summed E-state index contributed by atoms with van der Waals surface area (Å²) in [5.41, 5.74) is 0.460. The Bertz CT molecular complexity index is 648. The Morgan fingerprint density at radius 3 is 2.10 bits per heavy atom. The van der Waals surface area contributed by atoms with Gasteiger partial charge in [-0.3, -0.25) is 9.59 Å². The minimum Gasteiger partial charge on any atom is -0.294 e. The predicted octanol–water partition coefficient (Wildman–Crippen LogP) is 4.20. The standard InChI is InChI=1S/C17H14F2O2/c18-13-10-8-12(9-11-13)16(20)6-3-7-17(21)14-4-1-2-5-15(14)19/h1-2,4-5,8-11H,3,6-7H2. The molecule has 0 aliphatic heterocycles. The molecule has 0 saturated carbocycles. The lowest BCUT2D eigenvalue weighted by molar-refractivity contribution is 0.0955. The number of rotatable bonds is 6. The summed E-state index contributed by atoms with van der Waals surface area (Å²) >= 11 is 0. The zero-order chi connectivity index (χ0) is 15.2. The van der Waals surface area contributed by atoms with Gasteiger partial charge in [0.2, 0.25) is 0 Å². The first-order chi connectivity index (χ1) is 10.1. The van der Waals surface area contributed by atoms with Crippen LogP contribution in [0.15, 0.2) is 48.5 Å². The monoisotopic (exact) mass is 288 g/mol. The zero-order valence-electron chi connectivity index (χ0n) is 11.3. The summed E-state index contributed by atoms with van der Waals surface area (Å²) in [6.45, 7) is 0. The van der Waals surface area contributed by atoms with E-state index in [4.69, 9.17) is 0 Å². The van der Waals surface area contributed by atoms with Crippen LogP contribution in [-0.4, -0.2) is 11.6 Å². The number of benzene rings is 2. The van der Waals surface area contributed by atoms with Crippen molar-refractivity contribution in [1.82, 2.24) is 0 Å². The van der Waals surface area contributed by atoms with E-state index in [9.17, 15) is 18.4 Å². The molecule has 0 bridgehead atoms. The number of carbonyl (C=O) groups is 2.